The molecule has 2 heterocycles. The van der Waals surface area contributed by atoms with Crippen LogP contribution in [0.2, 0.25) is 10.0 Å². The second-order valence-electron chi connectivity index (χ2n) is 8.56. The largest absolute Gasteiger partial charge is 0.393 e. The molecule has 8 heteroatoms. The highest BCUT2D eigenvalue weighted by Crippen LogP contribution is 2.36. The summed E-state index contributed by atoms with van der Waals surface area (Å²) in [7, 11) is 0. The van der Waals surface area contributed by atoms with Gasteiger partial charge in [0.05, 0.1) is 21.8 Å². The number of hydrogen-bond acceptors (Lipinski definition) is 6. The van der Waals surface area contributed by atoms with Crippen molar-refractivity contribution in [2.45, 2.75) is 45.1 Å². The molecule has 2 fully saturated rings. The molecule has 0 radical (unpaired) electrons. The summed E-state index contributed by atoms with van der Waals surface area (Å²) in [6, 6.07) is 5.45. The van der Waals surface area contributed by atoms with Gasteiger partial charge >= 0.3 is 0 Å². The third-order valence-electron chi connectivity index (χ3n) is 6.62. The van der Waals surface area contributed by atoms with E-state index < -0.39 is 0 Å². The average molecular weight is 464 g/mol. The molecule has 6 nitrogen and oxygen atoms in total. The second kappa shape index (κ2) is 9.90. The van der Waals surface area contributed by atoms with E-state index in [0.717, 1.165) is 57.1 Å². The molecule has 1 saturated heterocycles. The van der Waals surface area contributed by atoms with Crippen molar-refractivity contribution in [2.24, 2.45) is 5.92 Å². The highest BCUT2D eigenvalue weighted by molar-refractivity contribution is 6.43. The van der Waals surface area contributed by atoms with E-state index in [4.69, 9.17) is 38.9 Å². The lowest BCUT2D eigenvalue weighted by molar-refractivity contribution is 0.0459. The summed E-state index contributed by atoms with van der Waals surface area (Å²) in [5, 5.41) is 11.2. The lowest BCUT2D eigenvalue weighted by atomic mass is 9.80. The van der Waals surface area contributed by atoms with Crippen molar-refractivity contribution in [3.05, 3.63) is 33.9 Å². The number of hydrogen-bond donors (Lipinski definition) is 2. The van der Waals surface area contributed by atoms with Crippen molar-refractivity contribution in [1.29, 1.82) is 0 Å². The third-order valence-corrected chi connectivity index (χ3v) is 7.44. The average Bonchev–Trinajstić information content (AvgIpc) is 2.73. The maximum atomic E-state index is 10.3. The van der Waals surface area contributed by atoms with Gasteiger partial charge in [-0.05, 0) is 37.7 Å². The van der Waals surface area contributed by atoms with E-state index in [-0.39, 0.29) is 6.10 Å². The van der Waals surface area contributed by atoms with Crippen molar-refractivity contribution in [3.63, 3.8) is 0 Å². The molecule has 31 heavy (non-hydrogen) atoms. The summed E-state index contributed by atoms with van der Waals surface area (Å²) in [6.45, 7) is 6.67. The number of piperazine rings is 1. The van der Waals surface area contributed by atoms with E-state index in [0.29, 0.717) is 33.0 Å². The van der Waals surface area contributed by atoms with Crippen LogP contribution in [-0.4, -0.2) is 58.8 Å². The number of anilines is 2. The van der Waals surface area contributed by atoms with Gasteiger partial charge in [-0.25, -0.2) is 9.97 Å². The van der Waals surface area contributed by atoms with Crippen molar-refractivity contribution in [1.82, 2.24) is 14.9 Å². The molecule has 3 N–H and O–H groups in total. The van der Waals surface area contributed by atoms with Gasteiger partial charge in [0.2, 0.25) is 0 Å². The van der Waals surface area contributed by atoms with E-state index in [9.17, 15) is 5.11 Å². The predicted octanol–water partition coefficient (Wildman–Crippen LogP) is 4.27. The Hall–Kier alpha value is -1.60. The summed E-state index contributed by atoms with van der Waals surface area (Å²) < 4.78 is 0. The van der Waals surface area contributed by atoms with Crippen LogP contribution in [0.15, 0.2) is 18.2 Å². The topological polar surface area (TPSA) is 78.5 Å². The van der Waals surface area contributed by atoms with Gasteiger partial charge in [-0.15, -0.1) is 0 Å². The molecule has 0 amide bonds. The monoisotopic (exact) mass is 463 g/mol. The number of nitrogens with two attached hydrogens (primary N) is 1. The number of aliphatic hydroxyl groups excluding tert-OH is 1. The number of nitrogen functional groups attached to an aromatic ring is 1. The number of halogens is 2. The summed E-state index contributed by atoms with van der Waals surface area (Å²) in [5.74, 6) is 1.75. The molecule has 0 bridgehead atoms. The summed E-state index contributed by atoms with van der Waals surface area (Å²) in [4.78, 5) is 14.3. The van der Waals surface area contributed by atoms with E-state index in [1.54, 1.807) is 6.07 Å². The van der Waals surface area contributed by atoms with Crippen LogP contribution in [0.1, 0.15) is 38.3 Å². The molecular formula is C23H31Cl2N5O. The van der Waals surface area contributed by atoms with Crippen molar-refractivity contribution < 1.29 is 5.11 Å². The Morgan fingerprint density at radius 3 is 2.55 bits per heavy atom. The number of rotatable bonds is 7. The first-order valence-electron chi connectivity index (χ1n) is 11.2. The maximum Gasteiger partial charge on any atom is 0.152 e. The first-order valence-corrected chi connectivity index (χ1v) is 12.0. The molecule has 2 aromatic rings. The van der Waals surface area contributed by atoms with Crippen LogP contribution in [-0.2, 0) is 6.42 Å². The number of nitrogens with zero attached hydrogens (tertiary/aromatic N) is 4. The summed E-state index contributed by atoms with van der Waals surface area (Å²) in [6.07, 6.45) is 5.12. The Morgan fingerprint density at radius 1 is 1.16 bits per heavy atom. The third kappa shape index (κ3) is 4.92. The first-order chi connectivity index (χ1) is 15.0. The minimum absolute atomic E-state index is 0.144. The van der Waals surface area contributed by atoms with Crippen LogP contribution < -0.4 is 10.6 Å². The highest BCUT2D eigenvalue weighted by Gasteiger charge is 2.27. The Kier molecular flexibility index (Phi) is 7.22. The fraction of sp³-hybridized carbons (Fsp3) is 0.565. The molecule has 1 aliphatic heterocycles. The van der Waals surface area contributed by atoms with Gasteiger partial charge in [0.15, 0.2) is 11.6 Å². The van der Waals surface area contributed by atoms with Crippen LogP contribution in [0, 0.1) is 5.92 Å². The van der Waals surface area contributed by atoms with Crippen LogP contribution >= 0.6 is 23.2 Å². The molecule has 2 aliphatic rings. The predicted molar refractivity (Wildman–Crippen MR) is 128 cm³/mol. The number of benzene rings is 1. The van der Waals surface area contributed by atoms with Gasteiger partial charge in [-0.3, -0.25) is 4.90 Å². The van der Waals surface area contributed by atoms with E-state index >= 15 is 0 Å². The first kappa shape index (κ1) is 22.6. The summed E-state index contributed by atoms with van der Waals surface area (Å²) in [5.41, 5.74) is 8.51. The minimum atomic E-state index is -0.144. The van der Waals surface area contributed by atoms with E-state index in [1.807, 2.05) is 12.1 Å². The number of aliphatic hydroxyl groups is 1. The SMILES string of the molecule is CCc1nc(-c2cccc(Cl)c2Cl)c(N)nc1N1CCN(CCC(O)C2CCC2)CC1. The van der Waals surface area contributed by atoms with Crippen molar-refractivity contribution in [2.75, 3.05) is 43.4 Å². The lowest BCUT2D eigenvalue weighted by Crippen LogP contribution is -2.48. The van der Waals surface area contributed by atoms with Crippen LogP contribution in [0.25, 0.3) is 11.3 Å². The molecule has 0 spiro atoms. The lowest BCUT2D eigenvalue weighted by Gasteiger charge is -2.37. The molecule has 1 saturated carbocycles. The zero-order valence-electron chi connectivity index (χ0n) is 18.0. The van der Waals surface area contributed by atoms with Gasteiger partial charge in [-0.2, -0.15) is 0 Å². The molecule has 1 atom stereocenters. The fourth-order valence-electron chi connectivity index (χ4n) is 4.41. The smallest absolute Gasteiger partial charge is 0.152 e. The Labute approximate surface area is 194 Å². The maximum absolute atomic E-state index is 10.3. The van der Waals surface area contributed by atoms with Gasteiger partial charge in [0, 0.05) is 38.3 Å². The molecule has 1 unspecified atom stereocenters. The molecule has 1 aliphatic carbocycles. The number of aromatic nitrogens is 2. The van der Waals surface area contributed by atoms with E-state index in [1.165, 1.54) is 19.3 Å². The zero-order valence-corrected chi connectivity index (χ0v) is 19.5. The Balaban J connectivity index is 1.44. The highest BCUT2D eigenvalue weighted by atomic mass is 35.5. The standard InChI is InChI=1S/C23H31Cl2N5O/c1-2-18-23(28-22(26)21(27-18)16-7-4-8-17(24)20(16)25)30-13-11-29(12-14-30)10-9-19(31)15-5-3-6-15/h4,7-8,15,19,31H,2-3,5-6,9-14H2,1H3,(H2,26,28). The van der Waals surface area contributed by atoms with Crippen LogP contribution in [0.5, 0.6) is 0 Å². The van der Waals surface area contributed by atoms with E-state index in [2.05, 4.69) is 16.7 Å². The number of aryl methyl sites for hydroxylation is 1. The quantitative estimate of drug-likeness (QED) is 0.638. The summed E-state index contributed by atoms with van der Waals surface area (Å²) >= 11 is 12.6. The van der Waals surface area contributed by atoms with Gasteiger partial charge < -0.3 is 15.7 Å². The molecular weight excluding hydrogens is 433 g/mol. The minimum Gasteiger partial charge on any atom is -0.393 e. The molecule has 168 valence electrons. The van der Waals surface area contributed by atoms with Crippen molar-refractivity contribution >= 4 is 34.8 Å². The second-order valence-corrected chi connectivity index (χ2v) is 9.34. The van der Waals surface area contributed by atoms with Gasteiger partial charge in [0.25, 0.3) is 0 Å². The fourth-order valence-corrected chi connectivity index (χ4v) is 4.80. The van der Waals surface area contributed by atoms with Gasteiger partial charge in [-0.1, -0.05) is 48.7 Å². The van der Waals surface area contributed by atoms with Crippen LogP contribution in [0.4, 0.5) is 11.6 Å². The molecule has 4 rings (SSSR count). The zero-order chi connectivity index (χ0) is 22.0. The molecule has 1 aromatic heterocycles. The normalized spacial score (nSPS) is 18.8. The van der Waals surface area contributed by atoms with Crippen LogP contribution in [0.3, 0.4) is 0 Å². The Bertz CT molecular complexity index is 913. The molecule has 1 aromatic carbocycles. The Morgan fingerprint density at radius 2 is 1.90 bits per heavy atom. The van der Waals surface area contributed by atoms with Gasteiger partial charge in [0.1, 0.15) is 5.69 Å². The van der Waals surface area contributed by atoms with Crippen molar-refractivity contribution in [3.8, 4) is 11.3 Å².